The normalized spacial score (nSPS) is 10.2. The van der Waals surface area contributed by atoms with Crippen LogP contribution in [0.1, 0.15) is 25.3 Å². The Labute approximate surface area is 112 Å². The van der Waals surface area contributed by atoms with Gasteiger partial charge in [0, 0.05) is 12.7 Å². The molecule has 0 saturated heterocycles. The third-order valence-electron chi connectivity index (χ3n) is 2.27. The number of Topliss-reactive ketones (excluding diaryl/α,β-unsaturated/α-hetero) is 1. The largest absolute Gasteiger partial charge is 0.313 e. The van der Waals surface area contributed by atoms with Gasteiger partial charge in [-0.15, -0.1) is 0 Å². The van der Waals surface area contributed by atoms with Crippen LogP contribution < -0.4 is 5.32 Å². The van der Waals surface area contributed by atoms with E-state index < -0.39 is 0 Å². The molecule has 1 heterocycles. The van der Waals surface area contributed by atoms with Crippen LogP contribution in [0.2, 0.25) is 5.15 Å². The lowest BCUT2D eigenvalue weighted by Crippen LogP contribution is -2.17. The Morgan fingerprint density at radius 3 is 2.88 bits per heavy atom. The van der Waals surface area contributed by atoms with E-state index in [0.717, 1.165) is 25.1 Å². The number of aromatic nitrogens is 1. The minimum Gasteiger partial charge on any atom is -0.313 e. The third-order valence-corrected chi connectivity index (χ3v) is 2.98. The Morgan fingerprint density at radius 1 is 1.53 bits per heavy atom. The lowest BCUT2D eigenvalue weighted by atomic mass is 10.2. The molecule has 1 rings (SSSR count). The summed E-state index contributed by atoms with van der Waals surface area (Å²) >= 11 is 10.6. The lowest BCUT2D eigenvalue weighted by Gasteiger charge is -2.04. The average Bonchev–Trinajstić information content (AvgIpc) is 2.30. The minimum absolute atomic E-state index is 0.00176. The number of hydrogen-bond donors (Lipinski definition) is 1. The predicted molar refractivity (Wildman–Crippen MR) is 73.5 cm³/mol. The number of ketones is 1. The molecule has 17 heavy (non-hydrogen) atoms. The van der Waals surface area contributed by atoms with E-state index in [4.69, 9.17) is 23.8 Å². The minimum atomic E-state index is 0.00176. The molecule has 0 radical (unpaired) electrons. The Bertz CT molecular complexity index is 392. The van der Waals surface area contributed by atoms with Gasteiger partial charge >= 0.3 is 0 Å². The number of nitrogens with one attached hydrogen (secondary N) is 1. The van der Waals surface area contributed by atoms with Crippen molar-refractivity contribution >= 4 is 34.5 Å². The zero-order valence-corrected chi connectivity index (χ0v) is 11.3. The van der Waals surface area contributed by atoms with Crippen molar-refractivity contribution in [2.45, 2.75) is 26.3 Å². The van der Waals surface area contributed by atoms with Crippen LogP contribution >= 0.6 is 23.8 Å². The van der Waals surface area contributed by atoms with E-state index in [9.17, 15) is 4.79 Å². The van der Waals surface area contributed by atoms with Crippen molar-refractivity contribution in [3.8, 4) is 0 Å². The molecular formula is C12H15ClN2OS. The highest BCUT2D eigenvalue weighted by Crippen LogP contribution is 2.04. The highest BCUT2D eigenvalue weighted by atomic mass is 35.5. The van der Waals surface area contributed by atoms with Crippen LogP contribution in [0.5, 0.6) is 0 Å². The van der Waals surface area contributed by atoms with E-state index in [1.807, 2.05) is 6.07 Å². The molecule has 0 unspecified atom stereocenters. The molecule has 0 aromatic carbocycles. The molecular weight excluding hydrogens is 256 g/mol. The van der Waals surface area contributed by atoms with Gasteiger partial charge < -0.3 is 5.32 Å². The Kier molecular flexibility index (Phi) is 6.26. The number of hydrogen-bond acceptors (Lipinski definition) is 4. The Morgan fingerprint density at radius 2 is 2.29 bits per heavy atom. The second kappa shape index (κ2) is 7.48. The van der Waals surface area contributed by atoms with Crippen LogP contribution in [0.25, 0.3) is 0 Å². The number of pyridine rings is 1. The molecule has 0 atom stereocenters. The van der Waals surface area contributed by atoms with Gasteiger partial charge in [0.2, 0.25) is 0 Å². The first-order valence-electron chi connectivity index (χ1n) is 5.44. The van der Waals surface area contributed by atoms with Gasteiger partial charge in [-0.25, -0.2) is 4.98 Å². The molecule has 3 nitrogen and oxygen atoms in total. The van der Waals surface area contributed by atoms with Crippen molar-refractivity contribution < 1.29 is 4.79 Å². The summed E-state index contributed by atoms with van der Waals surface area (Å²) in [6.45, 7) is 3.09. The number of carbonyl (C=O) groups is 1. The molecule has 1 N–H and O–H groups in total. The molecule has 1 aromatic rings. The summed E-state index contributed by atoms with van der Waals surface area (Å²) in [4.78, 5) is 15.4. The summed E-state index contributed by atoms with van der Waals surface area (Å²) in [7, 11) is 0. The van der Waals surface area contributed by atoms with E-state index >= 15 is 0 Å². The maximum Gasteiger partial charge on any atom is 0.166 e. The molecule has 0 aliphatic heterocycles. The van der Waals surface area contributed by atoms with Crippen LogP contribution in [-0.2, 0) is 11.3 Å². The SMILES string of the molecule is CC(=O)C(=S)CCCNCc1ccc(Cl)nc1. The molecule has 1 aromatic heterocycles. The second-order valence-electron chi connectivity index (χ2n) is 3.75. The summed E-state index contributed by atoms with van der Waals surface area (Å²) in [6.07, 6.45) is 3.30. The van der Waals surface area contributed by atoms with E-state index in [1.54, 1.807) is 12.3 Å². The standard InChI is InChI=1S/C12H15ClN2OS/c1-9(16)11(17)3-2-6-14-7-10-4-5-12(13)15-8-10/h4-5,8,14H,2-3,6-7H2,1H3. The molecule has 0 bridgehead atoms. The lowest BCUT2D eigenvalue weighted by molar-refractivity contribution is -0.111. The smallest absolute Gasteiger partial charge is 0.166 e. The van der Waals surface area contributed by atoms with Gasteiger partial charge in [0.1, 0.15) is 5.15 Å². The number of thiocarbonyl (C=S) groups is 1. The molecule has 5 heteroatoms. The van der Waals surface area contributed by atoms with Crippen LogP contribution in [0, 0.1) is 0 Å². The fourth-order valence-electron chi connectivity index (χ4n) is 1.29. The predicted octanol–water partition coefficient (Wildman–Crippen LogP) is 2.56. The molecule has 0 spiro atoms. The maximum atomic E-state index is 10.9. The number of nitrogens with zero attached hydrogens (tertiary/aromatic N) is 1. The number of carbonyl (C=O) groups excluding carboxylic acids is 1. The zero-order chi connectivity index (χ0) is 12.7. The van der Waals surface area contributed by atoms with Crippen molar-refractivity contribution in [3.05, 3.63) is 29.0 Å². The summed E-state index contributed by atoms with van der Waals surface area (Å²) in [5, 5.41) is 3.76. The fraction of sp³-hybridized carbons (Fsp3) is 0.417. The van der Waals surface area contributed by atoms with Crippen LogP contribution in [0.4, 0.5) is 0 Å². The number of halogens is 1. The van der Waals surface area contributed by atoms with Gasteiger partial charge in [-0.2, -0.15) is 0 Å². The van der Waals surface area contributed by atoms with E-state index in [0.29, 0.717) is 16.4 Å². The first-order chi connectivity index (χ1) is 8.09. The highest BCUT2D eigenvalue weighted by Gasteiger charge is 2.01. The summed E-state index contributed by atoms with van der Waals surface area (Å²) in [6, 6.07) is 3.70. The topological polar surface area (TPSA) is 42.0 Å². The first-order valence-corrected chi connectivity index (χ1v) is 6.23. The van der Waals surface area contributed by atoms with Crippen molar-refractivity contribution in [2.24, 2.45) is 0 Å². The molecule has 0 fully saturated rings. The second-order valence-corrected chi connectivity index (χ2v) is 4.63. The van der Waals surface area contributed by atoms with Gasteiger partial charge in [-0.05, 0) is 37.9 Å². The van der Waals surface area contributed by atoms with Gasteiger partial charge in [0.15, 0.2) is 5.78 Å². The van der Waals surface area contributed by atoms with Crippen molar-refractivity contribution in [2.75, 3.05) is 6.54 Å². The monoisotopic (exact) mass is 270 g/mol. The fourth-order valence-corrected chi connectivity index (χ4v) is 1.55. The first kappa shape index (κ1) is 14.2. The van der Waals surface area contributed by atoms with Crippen LogP contribution in [0.15, 0.2) is 18.3 Å². The van der Waals surface area contributed by atoms with Gasteiger partial charge in [0.25, 0.3) is 0 Å². The zero-order valence-electron chi connectivity index (χ0n) is 9.70. The van der Waals surface area contributed by atoms with Crippen molar-refractivity contribution in [1.82, 2.24) is 10.3 Å². The summed E-state index contributed by atoms with van der Waals surface area (Å²) in [5.74, 6) is 0.00176. The maximum absolute atomic E-state index is 10.9. The van der Waals surface area contributed by atoms with Crippen molar-refractivity contribution in [1.29, 1.82) is 0 Å². The Hall–Kier alpha value is -0.840. The van der Waals surface area contributed by atoms with Gasteiger partial charge in [0.05, 0.1) is 4.86 Å². The van der Waals surface area contributed by atoms with Crippen LogP contribution in [-0.4, -0.2) is 22.2 Å². The van der Waals surface area contributed by atoms with Crippen LogP contribution in [0.3, 0.4) is 0 Å². The highest BCUT2D eigenvalue weighted by molar-refractivity contribution is 7.82. The molecule has 0 saturated carbocycles. The van der Waals surface area contributed by atoms with E-state index in [1.165, 1.54) is 6.92 Å². The molecule has 0 aliphatic rings. The third kappa shape index (κ3) is 5.86. The van der Waals surface area contributed by atoms with Gasteiger partial charge in [-0.1, -0.05) is 29.9 Å². The summed E-state index contributed by atoms with van der Waals surface area (Å²) in [5.41, 5.74) is 1.09. The average molecular weight is 271 g/mol. The van der Waals surface area contributed by atoms with E-state index in [2.05, 4.69) is 10.3 Å². The molecule has 0 amide bonds. The Balaban J connectivity index is 2.14. The van der Waals surface area contributed by atoms with Gasteiger partial charge in [-0.3, -0.25) is 4.79 Å². The molecule has 92 valence electrons. The molecule has 0 aliphatic carbocycles. The number of rotatable bonds is 7. The summed E-state index contributed by atoms with van der Waals surface area (Å²) < 4.78 is 0. The van der Waals surface area contributed by atoms with E-state index in [-0.39, 0.29) is 5.78 Å². The quantitative estimate of drug-likeness (QED) is 0.470. The van der Waals surface area contributed by atoms with Crippen molar-refractivity contribution in [3.63, 3.8) is 0 Å².